The number of carbonyl (C=O) groups excluding carboxylic acids is 1. The monoisotopic (exact) mass is 276 g/mol. The van der Waals surface area contributed by atoms with Gasteiger partial charge in [0, 0.05) is 17.9 Å². The Bertz CT molecular complexity index is 605. The van der Waals surface area contributed by atoms with Crippen molar-refractivity contribution in [2.75, 3.05) is 7.11 Å². The molecule has 3 N–H and O–H groups in total. The molecule has 5 nitrogen and oxygen atoms in total. The average molecular weight is 276 g/mol. The van der Waals surface area contributed by atoms with Crippen LogP contribution in [0.3, 0.4) is 0 Å². The summed E-state index contributed by atoms with van der Waals surface area (Å²) in [6, 6.07) is 2.96. The largest absolute Gasteiger partial charge is 0.504 e. The molecule has 0 spiro atoms. The minimum Gasteiger partial charge on any atom is -0.504 e. The molecule has 3 rings (SSSR count). The molecule has 3 unspecified atom stereocenters. The summed E-state index contributed by atoms with van der Waals surface area (Å²) < 4.78 is 5.05. The number of hydrogen-bond donors (Lipinski definition) is 3. The number of aliphatic hydroxyl groups is 1. The van der Waals surface area contributed by atoms with Gasteiger partial charge in [0.05, 0.1) is 13.2 Å². The molecule has 0 radical (unpaired) electrons. The van der Waals surface area contributed by atoms with Crippen molar-refractivity contribution in [2.45, 2.75) is 24.9 Å². The van der Waals surface area contributed by atoms with Crippen molar-refractivity contribution in [1.29, 1.82) is 0 Å². The average Bonchev–Trinajstić information content (AvgIpc) is 2.42. The first-order valence-corrected chi connectivity index (χ1v) is 6.54. The molecule has 0 amide bonds. The lowest BCUT2D eigenvalue weighted by Gasteiger charge is -2.37. The Labute approximate surface area is 116 Å². The number of phenols is 2. The van der Waals surface area contributed by atoms with Crippen LogP contribution in [0.5, 0.6) is 11.5 Å². The van der Waals surface area contributed by atoms with Gasteiger partial charge >= 0.3 is 0 Å². The minimum absolute atomic E-state index is 0.0853. The second-order valence-corrected chi connectivity index (χ2v) is 5.32. The maximum absolute atomic E-state index is 12.0. The summed E-state index contributed by atoms with van der Waals surface area (Å²) in [4.78, 5) is 12.0. The summed E-state index contributed by atoms with van der Waals surface area (Å²) in [5.41, 5.74) is 1.07. The Kier molecular flexibility index (Phi) is 2.94. The second kappa shape index (κ2) is 4.52. The van der Waals surface area contributed by atoms with Crippen LogP contribution in [-0.2, 0) is 9.53 Å². The van der Waals surface area contributed by atoms with E-state index in [4.69, 9.17) is 4.74 Å². The van der Waals surface area contributed by atoms with Crippen molar-refractivity contribution in [2.24, 2.45) is 5.92 Å². The molecular weight excluding hydrogens is 260 g/mol. The van der Waals surface area contributed by atoms with E-state index in [0.717, 1.165) is 0 Å². The van der Waals surface area contributed by atoms with E-state index in [1.165, 1.54) is 13.2 Å². The Morgan fingerprint density at radius 1 is 1.30 bits per heavy atom. The maximum Gasteiger partial charge on any atom is 0.197 e. The molecular formula is C15H16O5. The molecule has 0 aromatic heterocycles. The first-order valence-electron chi connectivity index (χ1n) is 6.54. The smallest absolute Gasteiger partial charge is 0.197 e. The SMILES string of the molecule is COC1=CC2CC(O)c3ccc(O)c(O)c3C2CC1=O. The van der Waals surface area contributed by atoms with Crippen molar-refractivity contribution < 1.29 is 24.9 Å². The van der Waals surface area contributed by atoms with Crippen LogP contribution in [0.15, 0.2) is 24.0 Å². The lowest BCUT2D eigenvalue weighted by atomic mass is 9.69. The number of aromatic hydroxyl groups is 2. The van der Waals surface area contributed by atoms with Gasteiger partial charge in [0.25, 0.3) is 0 Å². The molecule has 0 saturated carbocycles. The van der Waals surface area contributed by atoms with Gasteiger partial charge in [-0.05, 0) is 30.0 Å². The van der Waals surface area contributed by atoms with Crippen LogP contribution in [0, 0.1) is 5.92 Å². The molecule has 1 aromatic rings. The molecule has 0 fully saturated rings. The van der Waals surface area contributed by atoms with Crippen LogP contribution in [0.25, 0.3) is 0 Å². The summed E-state index contributed by atoms with van der Waals surface area (Å²) in [5.74, 6) is -0.603. The number of aliphatic hydroxyl groups excluding tert-OH is 1. The van der Waals surface area contributed by atoms with E-state index in [2.05, 4.69) is 0 Å². The Morgan fingerprint density at radius 2 is 2.05 bits per heavy atom. The standard InChI is InChI=1S/C15H16O5/c1-20-13-5-7-4-11(17)8-2-3-10(16)15(19)14(8)9(7)6-12(13)18/h2-3,5,7,9,11,16-17,19H,4,6H2,1H3. The summed E-state index contributed by atoms with van der Waals surface area (Å²) >= 11 is 0. The number of fused-ring (bicyclic) bond motifs is 3. The van der Waals surface area contributed by atoms with Crippen LogP contribution < -0.4 is 0 Å². The van der Waals surface area contributed by atoms with Gasteiger partial charge in [-0.3, -0.25) is 4.79 Å². The summed E-state index contributed by atoms with van der Waals surface area (Å²) in [6.45, 7) is 0. The Balaban J connectivity index is 2.14. The molecule has 0 bridgehead atoms. The maximum atomic E-state index is 12.0. The molecule has 106 valence electrons. The minimum atomic E-state index is -0.722. The number of allylic oxidation sites excluding steroid dienone is 2. The van der Waals surface area contributed by atoms with Crippen LogP contribution in [0.1, 0.15) is 36.0 Å². The molecule has 20 heavy (non-hydrogen) atoms. The number of phenolic OH excluding ortho intramolecular Hbond substituents is 2. The summed E-state index contributed by atoms with van der Waals surface area (Å²) in [5, 5.41) is 29.9. The third-order valence-corrected chi connectivity index (χ3v) is 4.24. The summed E-state index contributed by atoms with van der Waals surface area (Å²) in [6.07, 6.45) is 1.68. The van der Waals surface area contributed by atoms with E-state index >= 15 is 0 Å². The third kappa shape index (κ3) is 1.78. The van der Waals surface area contributed by atoms with E-state index in [-0.39, 0.29) is 35.5 Å². The van der Waals surface area contributed by atoms with Crippen molar-refractivity contribution in [1.82, 2.24) is 0 Å². The molecule has 0 aliphatic heterocycles. The molecule has 0 saturated heterocycles. The normalized spacial score (nSPS) is 28.4. The Morgan fingerprint density at radius 3 is 2.75 bits per heavy atom. The van der Waals surface area contributed by atoms with E-state index in [9.17, 15) is 20.1 Å². The lowest BCUT2D eigenvalue weighted by molar-refractivity contribution is -0.120. The fourth-order valence-electron chi connectivity index (χ4n) is 3.26. The van der Waals surface area contributed by atoms with Gasteiger partial charge in [-0.15, -0.1) is 0 Å². The van der Waals surface area contributed by atoms with Gasteiger partial charge in [-0.25, -0.2) is 0 Å². The van der Waals surface area contributed by atoms with E-state index in [1.807, 2.05) is 0 Å². The highest BCUT2D eigenvalue weighted by Gasteiger charge is 2.40. The summed E-state index contributed by atoms with van der Waals surface area (Å²) in [7, 11) is 1.45. The second-order valence-electron chi connectivity index (χ2n) is 5.32. The van der Waals surface area contributed by atoms with Gasteiger partial charge in [-0.1, -0.05) is 6.07 Å². The highest BCUT2D eigenvalue weighted by Crippen LogP contribution is 2.51. The van der Waals surface area contributed by atoms with Gasteiger partial charge in [0.15, 0.2) is 23.0 Å². The predicted molar refractivity (Wildman–Crippen MR) is 70.3 cm³/mol. The zero-order chi connectivity index (χ0) is 14.4. The van der Waals surface area contributed by atoms with E-state index in [0.29, 0.717) is 23.3 Å². The molecule has 5 heteroatoms. The first-order chi connectivity index (χ1) is 9.52. The molecule has 1 aromatic carbocycles. The number of ether oxygens (including phenoxy) is 1. The fourth-order valence-corrected chi connectivity index (χ4v) is 3.26. The number of rotatable bonds is 1. The number of benzene rings is 1. The van der Waals surface area contributed by atoms with Gasteiger partial charge in [-0.2, -0.15) is 0 Å². The van der Waals surface area contributed by atoms with Crippen LogP contribution >= 0.6 is 0 Å². The quantitative estimate of drug-likeness (QED) is 0.680. The predicted octanol–water partition coefficient (Wildman–Crippen LogP) is 1.74. The van der Waals surface area contributed by atoms with E-state index in [1.54, 1.807) is 12.1 Å². The van der Waals surface area contributed by atoms with Gasteiger partial charge in [0.2, 0.25) is 0 Å². The van der Waals surface area contributed by atoms with Gasteiger partial charge < -0.3 is 20.1 Å². The van der Waals surface area contributed by atoms with Crippen LogP contribution in [0.2, 0.25) is 0 Å². The van der Waals surface area contributed by atoms with Crippen LogP contribution in [0.4, 0.5) is 0 Å². The molecule has 0 heterocycles. The first kappa shape index (κ1) is 13.0. The van der Waals surface area contributed by atoms with Gasteiger partial charge in [0.1, 0.15) is 0 Å². The highest BCUT2D eigenvalue weighted by atomic mass is 16.5. The number of ketones is 1. The number of Topliss-reactive ketones (excluding diaryl/α,β-unsaturated/α-hetero) is 1. The number of carbonyl (C=O) groups is 1. The topological polar surface area (TPSA) is 87.0 Å². The molecule has 2 aliphatic carbocycles. The zero-order valence-electron chi connectivity index (χ0n) is 11.0. The number of methoxy groups -OCH3 is 1. The highest BCUT2D eigenvalue weighted by molar-refractivity contribution is 5.95. The Hall–Kier alpha value is -2.01. The third-order valence-electron chi connectivity index (χ3n) is 4.24. The van der Waals surface area contributed by atoms with Crippen molar-refractivity contribution in [3.63, 3.8) is 0 Å². The molecule has 3 atom stereocenters. The lowest BCUT2D eigenvalue weighted by Crippen LogP contribution is -2.29. The fraction of sp³-hybridized carbons (Fsp3) is 0.400. The van der Waals surface area contributed by atoms with Crippen molar-refractivity contribution >= 4 is 5.78 Å². The van der Waals surface area contributed by atoms with E-state index < -0.39 is 6.10 Å². The van der Waals surface area contributed by atoms with Crippen molar-refractivity contribution in [3.8, 4) is 11.5 Å². The number of hydrogen-bond acceptors (Lipinski definition) is 5. The zero-order valence-corrected chi connectivity index (χ0v) is 11.0. The van der Waals surface area contributed by atoms with Crippen LogP contribution in [-0.4, -0.2) is 28.2 Å². The van der Waals surface area contributed by atoms with Crippen molar-refractivity contribution in [3.05, 3.63) is 35.1 Å². The molecule has 2 aliphatic rings.